The molecule has 2 atom stereocenters. The maximum absolute atomic E-state index is 11.9. The van der Waals surface area contributed by atoms with E-state index in [1.54, 1.807) is 31.1 Å². The van der Waals surface area contributed by atoms with Gasteiger partial charge < -0.3 is 16.0 Å². The molecule has 0 aliphatic rings. The smallest absolute Gasteiger partial charge is 0.253 e. The van der Waals surface area contributed by atoms with Gasteiger partial charge in [-0.05, 0) is 31.0 Å². The summed E-state index contributed by atoms with van der Waals surface area (Å²) in [4.78, 5) is 13.5. The summed E-state index contributed by atoms with van der Waals surface area (Å²) in [5.74, 6) is 0.534. The third kappa shape index (κ3) is 3.88. The normalized spacial score (nSPS) is 13.7. The second-order valence-electron chi connectivity index (χ2n) is 5.32. The highest BCUT2D eigenvalue weighted by Crippen LogP contribution is 2.23. The highest BCUT2D eigenvalue weighted by Gasteiger charge is 2.14. The van der Waals surface area contributed by atoms with Crippen LogP contribution in [0.4, 0.5) is 11.4 Å². The Labute approximate surface area is 116 Å². The largest absolute Gasteiger partial charge is 0.397 e. The molecule has 1 rings (SSSR count). The minimum Gasteiger partial charge on any atom is -0.397 e. The molecule has 0 fully saturated rings. The van der Waals surface area contributed by atoms with Crippen molar-refractivity contribution in [3.63, 3.8) is 0 Å². The number of carbonyl (C=O) groups excluding carboxylic acids is 1. The van der Waals surface area contributed by atoms with E-state index in [1.807, 2.05) is 6.07 Å². The van der Waals surface area contributed by atoms with Gasteiger partial charge in [-0.3, -0.25) is 4.79 Å². The van der Waals surface area contributed by atoms with Gasteiger partial charge >= 0.3 is 0 Å². The average Bonchev–Trinajstić information content (AvgIpc) is 2.39. The first kappa shape index (κ1) is 15.3. The van der Waals surface area contributed by atoms with Crippen molar-refractivity contribution in [2.45, 2.75) is 33.2 Å². The molecule has 106 valence electrons. The van der Waals surface area contributed by atoms with Crippen LogP contribution in [0, 0.1) is 5.92 Å². The molecule has 2 unspecified atom stereocenters. The molecule has 1 amide bonds. The summed E-state index contributed by atoms with van der Waals surface area (Å²) in [7, 11) is 3.49. The first-order valence-electron chi connectivity index (χ1n) is 6.74. The van der Waals surface area contributed by atoms with E-state index >= 15 is 0 Å². The predicted octanol–water partition coefficient (Wildman–Crippen LogP) is 2.82. The number of nitrogen functional groups attached to an aromatic ring is 1. The van der Waals surface area contributed by atoms with E-state index in [4.69, 9.17) is 5.73 Å². The first-order chi connectivity index (χ1) is 8.86. The Morgan fingerprint density at radius 2 is 2.00 bits per heavy atom. The molecule has 0 aromatic heterocycles. The Kier molecular flexibility index (Phi) is 5.21. The summed E-state index contributed by atoms with van der Waals surface area (Å²) in [6.45, 7) is 6.49. The van der Waals surface area contributed by atoms with Gasteiger partial charge in [0.2, 0.25) is 0 Å². The number of amides is 1. The van der Waals surface area contributed by atoms with Gasteiger partial charge in [0.25, 0.3) is 5.91 Å². The lowest BCUT2D eigenvalue weighted by Crippen LogP contribution is -2.25. The van der Waals surface area contributed by atoms with Crippen molar-refractivity contribution in [3.05, 3.63) is 23.8 Å². The molecule has 0 saturated heterocycles. The summed E-state index contributed by atoms with van der Waals surface area (Å²) in [5, 5.41) is 3.40. The van der Waals surface area contributed by atoms with Crippen molar-refractivity contribution in [2.75, 3.05) is 25.1 Å². The molecular formula is C15H25N3O. The molecule has 0 saturated carbocycles. The summed E-state index contributed by atoms with van der Waals surface area (Å²) >= 11 is 0. The predicted molar refractivity (Wildman–Crippen MR) is 81.4 cm³/mol. The molecule has 0 bridgehead atoms. The third-order valence-electron chi connectivity index (χ3n) is 3.59. The van der Waals surface area contributed by atoms with E-state index in [9.17, 15) is 4.79 Å². The van der Waals surface area contributed by atoms with Crippen LogP contribution in [0.5, 0.6) is 0 Å². The minimum absolute atomic E-state index is 0.0146. The molecule has 4 nitrogen and oxygen atoms in total. The van der Waals surface area contributed by atoms with Crippen molar-refractivity contribution >= 4 is 17.3 Å². The molecule has 0 aliphatic carbocycles. The number of nitrogens with two attached hydrogens (primary N) is 1. The van der Waals surface area contributed by atoms with Gasteiger partial charge in [0, 0.05) is 25.7 Å². The standard InChI is InChI=1S/C15H25N3O/c1-6-10(2)11(3)17-14-9-12(7-8-13(14)16)15(19)18(4)5/h7-11,17H,6,16H2,1-5H3. The van der Waals surface area contributed by atoms with Crippen LogP contribution >= 0.6 is 0 Å². The average molecular weight is 263 g/mol. The molecule has 3 N–H and O–H groups in total. The number of anilines is 2. The lowest BCUT2D eigenvalue weighted by atomic mass is 10.0. The molecule has 4 heteroatoms. The van der Waals surface area contributed by atoms with Crippen LogP contribution in [0.3, 0.4) is 0 Å². The van der Waals surface area contributed by atoms with Crippen LogP contribution in [0.2, 0.25) is 0 Å². The fourth-order valence-electron chi connectivity index (χ4n) is 1.81. The Hall–Kier alpha value is -1.71. The molecule has 1 aromatic rings. The minimum atomic E-state index is -0.0146. The van der Waals surface area contributed by atoms with Gasteiger partial charge in [-0.1, -0.05) is 20.3 Å². The Morgan fingerprint density at radius 3 is 2.53 bits per heavy atom. The fourth-order valence-corrected chi connectivity index (χ4v) is 1.81. The van der Waals surface area contributed by atoms with Crippen LogP contribution in [-0.2, 0) is 0 Å². The summed E-state index contributed by atoms with van der Waals surface area (Å²) in [6.07, 6.45) is 1.10. The number of nitrogens with one attached hydrogen (secondary N) is 1. The van der Waals surface area contributed by atoms with Gasteiger partial charge in [0.05, 0.1) is 11.4 Å². The monoisotopic (exact) mass is 263 g/mol. The molecule has 1 aromatic carbocycles. The maximum Gasteiger partial charge on any atom is 0.253 e. The second kappa shape index (κ2) is 6.45. The van der Waals surface area contributed by atoms with E-state index in [0.717, 1.165) is 12.1 Å². The molecule has 0 spiro atoms. The maximum atomic E-state index is 11.9. The molecule has 0 aliphatic heterocycles. The van der Waals surface area contributed by atoms with Crippen LogP contribution < -0.4 is 11.1 Å². The van der Waals surface area contributed by atoms with Crippen LogP contribution in [0.25, 0.3) is 0 Å². The molecule has 0 radical (unpaired) electrons. The second-order valence-corrected chi connectivity index (χ2v) is 5.32. The van der Waals surface area contributed by atoms with Crippen LogP contribution in [0.1, 0.15) is 37.6 Å². The van der Waals surface area contributed by atoms with Crippen LogP contribution in [-0.4, -0.2) is 30.9 Å². The number of hydrogen-bond acceptors (Lipinski definition) is 3. The van der Waals surface area contributed by atoms with E-state index in [0.29, 0.717) is 23.2 Å². The van der Waals surface area contributed by atoms with Crippen molar-refractivity contribution in [1.29, 1.82) is 0 Å². The zero-order valence-corrected chi connectivity index (χ0v) is 12.5. The topological polar surface area (TPSA) is 58.4 Å². The quantitative estimate of drug-likeness (QED) is 0.803. The Morgan fingerprint density at radius 1 is 1.37 bits per heavy atom. The van der Waals surface area contributed by atoms with Gasteiger partial charge in [-0.2, -0.15) is 0 Å². The van der Waals surface area contributed by atoms with E-state index in [-0.39, 0.29) is 5.91 Å². The highest BCUT2D eigenvalue weighted by molar-refractivity contribution is 5.95. The number of hydrogen-bond donors (Lipinski definition) is 2. The lowest BCUT2D eigenvalue weighted by Gasteiger charge is -2.22. The summed E-state index contributed by atoms with van der Waals surface area (Å²) < 4.78 is 0. The number of carbonyl (C=O) groups is 1. The first-order valence-corrected chi connectivity index (χ1v) is 6.74. The number of benzene rings is 1. The number of nitrogens with zero attached hydrogens (tertiary/aromatic N) is 1. The van der Waals surface area contributed by atoms with Gasteiger partial charge in [0.15, 0.2) is 0 Å². The van der Waals surface area contributed by atoms with Crippen molar-refractivity contribution in [1.82, 2.24) is 4.90 Å². The van der Waals surface area contributed by atoms with Crippen LogP contribution in [0.15, 0.2) is 18.2 Å². The lowest BCUT2D eigenvalue weighted by molar-refractivity contribution is 0.0827. The van der Waals surface area contributed by atoms with E-state index in [2.05, 4.69) is 26.1 Å². The Bertz CT molecular complexity index is 443. The molecular weight excluding hydrogens is 238 g/mol. The summed E-state index contributed by atoms with van der Waals surface area (Å²) in [6, 6.07) is 5.69. The van der Waals surface area contributed by atoms with Gasteiger partial charge in [0.1, 0.15) is 0 Å². The van der Waals surface area contributed by atoms with Crippen molar-refractivity contribution in [3.8, 4) is 0 Å². The zero-order valence-electron chi connectivity index (χ0n) is 12.5. The number of rotatable bonds is 5. The van der Waals surface area contributed by atoms with Gasteiger partial charge in [-0.25, -0.2) is 0 Å². The Balaban J connectivity index is 2.95. The molecule has 19 heavy (non-hydrogen) atoms. The van der Waals surface area contributed by atoms with Crippen molar-refractivity contribution in [2.24, 2.45) is 5.92 Å². The van der Waals surface area contributed by atoms with E-state index < -0.39 is 0 Å². The fraction of sp³-hybridized carbons (Fsp3) is 0.533. The summed E-state index contributed by atoms with van der Waals surface area (Å²) in [5.41, 5.74) is 8.12. The van der Waals surface area contributed by atoms with Crippen molar-refractivity contribution < 1.29 is 4.79 Å². The molecule has 0 heterocycles. The third-order valence-corrected chi connectivity index (χ3v) is 3.59. The van der Waals surface area contributed by atoms with E-state index in [1.165, 1.54) is 0 Å². The zero-order chi connectivity index (χ0) is 14.6. The SMILES string of the molecule is CCC(C)C(C)Nc1cc(C(=O)N(C)C)ccc1N. The highest BCUT2D eigenvalue weighted by atomic mass is 16.2. The van der Waals surface area contributed by atoms with Gasteiger partial charge in [-0.15, -0.1) is 0 Å².